The third-order valence-corrected chi connectivity index (χ3v) is 2.86. The van der Waals surface area contributed by atoms with E-state index in [1.54, 1.807) is 7.05 Å². The van der Waals surface area contributed by atoms with Gasteiger partial charge < -0.3 is 0 Å². The van der Waals surface area contributed by atoms with Gasteiger partial charge in [0, 0.05) is 12.4 Å². The van der Waals surface area contributed by atoms with Crippen molar-refractivity contribution in [3.8, 4) is 0 Å². The molecule has 0 N–H and O–H groups in total. The molecule has 3 heteroatoms. The summed E-state index contributed by atoms with van der Waals surface area (Å²) in [5, 5.41) is 5.53. The summed E-state index contributed by atoms with van der Waals surface area (Å²) in [5.41, 5.74) is 2.39. The molecule has 0 atom stereocenters. The number of rotatable bonds is 2. The zero-order valence-electron chi connectivity index (χ0n) is 10.5. The summed E-state index contributed by atoms with van der Waals surface area (Å²) < 4.78 is 1.88. The quantitative estimate of drug-likeness (QED) is 0.572. The lowest BCUT2D eigenvalue weighted by atomic mass is 10.2. The molecule has 2 rings (SSSR count). The summed E-state index contributed by atoms with van der Waals surface area (Å²) in [4.78, 5) is 4.31. The van der Waals surface area contributed by atoms with Crippen molar-refractivity contribution >= 4 is 16.7 Å². The molecule has 0 amide bonds. The van der Waals surface area contributed by atoms with Gasteiger partial charge in [0.25, 0.3) is 0 Å². The number of hydrogen-bond acceptors (Lipinski definition) is 2. The molecule has 0 radical (unpaired) electrons. The van der Waals surface area contributed by atoms with E-state index in [-0.39, 0.29) is 0 Å². The highest BCUT2D eigenvalue weighted by molar-refractivity contribution is 6.00. The van der Waals surface area contributed by atoms with E-state index in [1.165, 1.54) is 5.57 Å². The molecule has 0 aliphatic rings. The van der Waals surface area contributed by atoms with Crippen LogP contribution < -0.4 is 0 Å². The van der Waals surface area contributed by atoms with Crippen LogP contribution in [0.1, 0.15) is 20.3 Å². The lowest BCUT2D eigenvalue weighted by Crippen LogP contribution is -2.11. The minimum atomic E-state index is 0.880. The lowest BCUT2D eigenvalue weighted by molar-refractivity contribution is 0.959. The Morgan fingerprint density at radius 3 is 2.88 bits per heavy atom. The minimum absolute atomic E-state index is 0.880. The third-order valence-electron chi connectivity index (χ3n) is 2.86. The number of allylic oxidation sites excluding steroid dienone is 2. The van der Waals surface area contributed by atoms with Gasteiger partial charge in [0.1, 0.15) is 5.84 Å². The summed E-state index contributed by atoms with van der Waals surface area (Å²) in [6, 6.07) is 8.15. The van der Waals surface area contributed by atoms with Crippen LogP contribution in [-0.2, 0) is 0 Å². The van der Waals surface area contributed by atoms with Crippen LogP contribution in [0.15, 0.2) is 47.1 Å². The van der Waals surface area contributed by atoms with Crippen molar-refractivity contribution in [1.82, 2.24) is 9.78 Å². The molecule has 0 bridgehead atoms. The molecule has 88 valence electrons. The average Bonchev–Trinajstić information content (AvgIpc) is 2.79. The SMILES string of the molecule is CC/C(C)=C\C(=NC)n1ncc2ccccc21. The largest absolute Gasteiger partial charge is 0.270 e. The van der Waals surface area contributed by atoms with Crippen LogP contribution in [-0.4, -0.2) is 22.7 Å². The fourth-order valence-electron chi connectivity index (χ4n) is 1.70. The van der Waals surface area contributed by atoms with Gasteiger partial charge in [-0.05, 0) is 25.5 Å². The van der Waals surface area contributed by atoms with Crippen LogP contribution >= 0.6 is 0 Å². The smallest absolute Gasteiger partial charge is 0.149 e. The maximum absolute atomic E-state index is 4.40. The van der Waals surface area contributed by atoms with Crippen molar-refractivity contribution in [1.29, 1.82) is 0 Å². The first-order chi connectivity index (χ1) is 8.26. The molecule has 0 unspecified atom stereocenters. The zero-order valence-corrected chi connectivity index (χ0v) is 10.5. The predicted molar refractivity (Wildman–Crippen MR) is 72.5 cm³/mol. The Balaban J connectivity index is 2.52. The van der Waals surface area contributed by atoms with Crippen molar-refractivity contribution in [2.75, 3.05) is 7.05 Å². The molecule has 17 heavy (non-hydrogen) atoms. The molecule has 1 heterocycles. The first kappa shape index (κ1) is 11.6. The third kappa shape index (κ3) is 2.28. The van der Waals surface area contributed by atoms with Gasteiger partial charge in [-0.1, -0.05) is 30.7 Å². The molecule has 3 nitrogen and oxygen atoms in total. The van der Waals surface area contributed by atoms with Gasteiger partial charge in [-0.2, -0.15) is 5.10 Å². The molecule has 0 saturated heterocycles. The number of para-hydroxylation sites is 1. The summed E-state index contributed by atoms with van der Waals surface area (Å²) in [6.45, 7) is 4.25. The van der Waals surface area contributed by atoms with E-state index in [2.05, 4.69) is 42.1 Å². The Labute approximate surface area is 101 Å². The Hall–Kier alpha value is -1.90. The Morgan fingerprint density at radius 2 is 2.18 bits per heavy atom. The Kier molecular flexibility index (Phi) is 3.38. The topological polar surface area (TPSA) is 30.2 Å². The maximum Gasteiger partial charge on any atom is 0.149 e. The van der Waals surface area contributed by atoms with Gasteiger partial charge in [-0.15, -0.1) is 0 Å². The van der Waals surface area contributed by atoms with Crippen molar-refractivity contribution in [2.24, 2.45) is 4.99 Å². The fourth-order valence-corrected chi connectivity index (χ4v) is 1.70. The summed E-state index contributed by atoms with van der Waals surface area (Å²) >= 11 is 0. The molecule has 1 aromatic carbocycles. The normalized spacial score (nSPS) is 13.4. The highest BCUT2D eigenvalue weighted by Gasteiger charge is 2.05. The van der Waals surface area contributed by atoms with E-state index in [9.17, 15) is 0 Å². The van der Waals surface area contributed by atoms with Crippen molar-refractivity contribution in [2.45, 2.75) is 20.3 Å². The van der Waals surface area contributed by atoms with E-state index < -0.39 is 0 Å². The van der Waals surface area contributed by atoms with Gasteiger partial charge in [0.05, 0.1) is 11.7 Å². The summed E-state index contributed by atoms with van der Waals surface area (Å²) in [5.74, 6) is 0.880. The van der Waals surface area contributed by atoms with Crippen LogP contribution in [0.3, 0.4) is 0 Å². The zero-order chi connectivity index (χ0) is 12.3. The van der Waals surface area contributed by atoms with Gasteiger partial charge in [0.15, 0.2) is 0 Å². The van der Waals surface area contributed by atoms with Crippen LogP contribution in [0.4, 0.5) is 0 Å². The average molecular weight is 227 g/mol. The number of benzene rings is 1. The Bertz CT molecular complexity index is 576. The van der Waals surface area contributed by atoms with Gasteiger partial charge in [-0.3, -0.25) is 4.99 Å². The molecule has 0 aliphatic carbocycles. The predicted octanol–water partition coefficient (Wildman–Crippen LogP) is 3.27. The van der Waals surface area contributed by atoms with E-state index >= 15 is 0 Å². The first-order valence-electron chi connectivity index (χ1n) is 5.83. The summed E-state index contributed by atoms with van der Waals surface area (Å²) in [6.07, 6.45) is 4.98. The highest BCUT2D eigenvalue weighted by atomic mass is 15.3. The molecule has 0 spiro atoms. The Morgan fingerprint density at radius 1 is 1.41 bits per heavy atom. The highest BCUT2D eigenvalue weighted by Crippen LogP contribution is 2.13. The molecular weight excluding hydrogens is 210 g/mol. The summed E-state index contributed by atoms with van der Waals surface area (Å²) in [7, 11) is 1.80. The van der Waals surface area contributed by atoms with Gasteiger partial charge in [-0.25, -0.2) is 4.68 Å². The van der Waals surface area contributed by atoms with Crippen LogP contribution in [0, 0.1) is 0 Å². The maximum atomic E-state index is 4.40. The van der Waals surface area contributed by atoms with Crippen LogP contribution in [0.5, 0.6) is 0 Å². The molecular formula is C14H17N3. The molecule has 0 fully saturated rings. The molecule has 1 aromatic heterocycles. The second-order valence-corrected chi connectivity index (χ2v) is 4.04. The van der Waals surface area contributed by atoms with E-state index in [1.807, 2.05) is 23.0 Å². The van der Waals surface area contributed by atoms with Crippen LogP contribution in [0.25, 0.3) is 10.9 Å². The number of hydrogen-bond donors (Lipinski definition) is 0. The second-order valence-electron chi connectivity index (χ2n) is 4.04. The van der Waals surface area contributed by atoms with Crippen molar-refractivity contribution < 1.29 is 0 Å². The van der Waals surface area contributed by atoms with E-state index in [4.69, 9.17) is 0 Å². The fraction of sp³-hybridized carbons (Fsp3) is 0.286. The first-order valence-corrected chi connectivity index (χ1v) is 5.83. The van der Waals surface area contributed by atoms with Gasteiger partial charge in [0.2, 0.25) is 0 Å². The van der Waals surface area contributed by atoms with E-state index in [0.29, 0.717) is 0 Å². The van der Waals surface area contributed by atoms with Gasteiger partial charge >= 0.3 is 0 Å². The standard InChI is InChI=1S/C14H17N3/c1-4-11(2)9-14(15-3)17-13-8-6-5-7-12(13)10-16-17/h5-10H,4H2,1-3H3/b11-9-,15-14?. The van der Waals surface area contributed by atoms with E-state index in [0.717, 1.165) is 23.2 Å². The number of fused-ring (bicyclic) bond motifs is 1. The second kappa shape index (κ2) is 4.95. The minimum Gasteiger partial charge on any atom is -0.270 e. The molecule has 0 aliphatic heterocycles. The van der Waals surface area contributed by atoms with Crippen molar-refractivity contribution in [3.05, 3.63) is 42.1 Å². The monoisotopic (exact) mass is 227 g/mol. The molecule has 2 aromatic rings. The number of aliphatic imine (C=N–C) groups is 1. The van der Waals surface area contributed by atoms with Crippen LogP contribution in [0.2, 0.25) is 0 Å². The molecule has 0 saturated carbocycles. The van der Waals surface area contributed by atoms with Crippen molar-refractivity contribution in [3.63, 3.8) is 0 Å². The number of nitrogens with zero attached hydrogens (tertiary/aromatic N) is 3. The lowest BCUT2D eigenvalue weighted by Gasteiger charge is -2.04. The number of aromatic nitrogens is 2.